The van der Waals surface area contributed by atoms with E-state index in [1.807, 2.05) is 42.8 Å². The second-order valence-electron chi connectivity index (χ2n) is 8.23. The Labute approximate surface area is 194 Å². The number of aryl methyl sites for hydroxylation is 1. The van der Waals surface area contributed by atoms with Gasteiger partial charge in [-0.2, -0.15) is 10.6 Å². The van der Waals surface area contributed by atoms with Gasteiger partial charge in [-0.15, -0.1) is 0 Å². The van der Waals surface area contributed by atoms with Crippen LogP contribution in [0.2, 0.25) is 0 Å². The maximum Gasteiger partial charge on any atom is 0.272 e. The minimum atomic E-state index is -2.75. The van der Waals surface area contributed by atoms with Gasteiger partial charge < -0.3 is 19.5 Å². The molecule has 0 saturated carbocycles. The van der Waals surface area contributed by atoms with E-state index in [-0.39, 0.29) is 11.7 Å². The van der Waals surface area contributed by atoms with E-state index < -0.39 is 10.6 Å². The van der Waals surface area contributed by atoms with E-state index in [1.54, 1.807) is 18.2 Å². The van der Waals surface area contributed by atoms with E-state index in [2.05, 4.69) is 15.2 Å². The number of carbonyl (C=O) groups excluding carboxylic acids is 1. The zero-order valence-electron chi connectivity index (χ0n) is 19.0. The Kier molecular flexibility index (Phi) is 6.71. The van der Waals surface area contributed by atoms with Gasteiger partial charge in [0.25, 0.3) is 5.91 Å². The summed E-state index contributed by atoms with van der Waals surface area (Å²) >= 11 is 0. The lowest BCUT2D eigenvalue weighted by Crippen LogP contribution is -2.37. The van der Waals surface area contributed by atoms with Gasteiger partial charge >= 0.3 is 0 Å². The smallest absolute Gasteiger partial charge is 0.272 e. The van der Waals surface area contributed by atoms with E-state index in [9.17, 15) is 13.9 Å². The molecule has 1 amide bonds. The average Bonchev–Trinajstić information content (AvgIpc) is 3.12. The molecule has 0 spiro atoms. The highest BCUT2D eigenvalue weighted by atomic mass is 32.3. The van der Waals surface area contributed by atoms with Gasteiger partial charge in [-0.1, -0.05) is 0 Å². The Morgan fingerprint density at radius 1 is 1.12 bits per heavy atom. The van der Waals surface area contributed by atoms with Crippen molar-refractivity contribution in [2.24, 2.45) is 7.05 Å². The van der Waals surface area contributed by atoms with Crippen LogP contribution in [0, 0.1) is 6.92 Å². The van der Waals surface area contributed by atoms with Gasteiger partial charge in [0.1, 0.15) is 11.5 Å². The summed E-state index contributed by atoms with van der Waals surface area (Å²) in [5.41, 5.74) is 3.59. The maximum absolute atomic E-state index is 12.6. The van der Waals surface area contributed by atoms with Crippen molar-refractivity contribution in [1.29, 1.82) is 0 Å². The van der Waals surface area contributed by atoms with Crippen molar-refractivity contribution in [1.82, 2.24) is 14.5 Å². The SMILES string of the molecule is Cc1ccc(C(=O)Nc2ccc(-c3nc(CS(C)(O)O)cc(N4CCOCC4)n3)cc2)n1C. The minimum Gasteiger partial charge on any atom is -0.378 e. The van der Waals surface area contributed by atoms with Gasteiger partial charge in [0.05, 0.1) is 24.7 Å². The quantitative estimate of drug-likeness (QED) is 0.502. The predicted molar refractivity (Wildman–Crippen MR) is 131 cm³/mol. The van der Waals surface area contributed by atoms with E-state index in [0.717, 1.165) is 17.1 Å². The molecule has 176 valence electrons. The third-order valence-corrected chi connectivity index (χ3v) is 6.37. The molecule has 3 N–H and O–H groups in total. The molecule has 0 unspecified atom stereocenters. The summed E-state index contributed by atoms with van der Waals surface area (Å²) in [5, 5.41) is 2.91. The molecule has 3 aromatic rings. The molecule has 3 heterocycles. The van der Waals surface area contributed by atoms with E-state index in [1.165, 1.54) is 6.26 Å². The molecule has 1 saturated heterocycles. The highest BCUT2D eigenvalue weighted by molar-refractivity contribution is 8.23. The fourth-order valence-electron chi connectivity index (χ4n) is 3.66. The topological polar surface area (TPSA) is 113 Å². The van der Waals surface area contributed by atoms with Gasteiger partial charge in [-0.25, -0.2) is 9.97 Å². The van der Waals surface area contributed by atoms with Crippen molar-refractivity contribution in [3.05, 3.63) is 59.5 Å². The van der Waals surface area contributed by atoms with Crippen molar-refractivity contribution in [2.75, 3.05) is 42.8 Å². The lowest BCUT2D eigenvalue weighted by atomic mass is 10.2. The van der Waals surface area contributed by atoms with Gasteiger partial charge in [-0.05, 0) is 43.3 Å². The van der Waals surface area contributed by atoms with Gasteiger partial charge in [0, 0.05) is 49.4 Å². The number of benzene rings is 1. The molecule has 33 heavy (non-hydrogen) atoms. The van der Waals surface area contributed by atoms with Crippen LogP contribution in [0.1, 0.15) is 21.9 Å². The van der Waals surface area contributed by atoms with Crippen LogP contribution >= 0.6 is 10.6 Å². The van der Waals surface area contributed by atoms with Crippen molar-refractivity contribution in [2.45, 2.75) is 12.7 Å². The Bertz CT molecular complexity index is 1130. The third-order valence-electron chi connectivity index (χ3n) is 5.53. The number of morpholine rings is 1. The minimum absolute atomic E-state index is 0.0596. The van der Waals surface area contributed by atoms with E-state index in [4.69, 9.17) is 9.72 Å². The number of ether oxygens (including phenoxy) is 1. The number of amides is 1. The molecule has 2 aromatic heterocycles. The first kappa shape index (κ1) is 23.2. The summed E-state index contributed by atoms with van der Waals surface area (Å²) in [7, 11) is -0.899. The maximum atomic E-state index is 12.6. The predicted octanol–water partition coefficient (Wildman–Crippen LogP) is 3.76. The van der Waals surface area contributed by atoms with Crippen molar-refractivity contribution in [3.8, 4) is 11.4 Å². The zero-order chi connectivity index (χ0) is 23.6. The molecule has 1 aromatic carbocycles. The number of hydrogen-bond donors (Lipinski definition) is 3. The first-order valence-corrected chi connectivity index (χ1v) is 12.8. The van der Waals surface area contributed by atoms with Crippen LogP contribution in [0.15, 0.2) is 42.5 Å². The molecule has 1 fully saturated rings. The molecular weight excluding hydrogens is 442 g/mol. The average molecular weight is 472 g/mol. The van der Waals surface area contributed by atoms with Crippen LogP contribution in [0.25, 0.3) is 11.4 Å². The molecule has 9 nitrogen and oxygen atoms in total. The van der Waals surface area contributed by atoms with Crippen LogP contribution in [0.4, 0.5) is 11.5 Å². The second-order valence-corrected chi connectivity index (χ2v) is 10.5. The number of aromatic nitrogens is 3. The third kappa shape index (κ3) is 5.72. The Hall–Kier alpha value is -2.92. The second kappa shape index (κ2) is 9.52. The summed E-state index contributed by atoms with van der Waals surface area (Å²) in [6, 6.07) is 12.8. The zero-order valence-corrected chi connectivity index (χ0v) is 19.8. The highest BCUT2D eigenvalue weighted by Gasteiger charge is 2.18. The van der Waals surface area contributed by atoms with Crippen LogP contribution in [0.3, 0.4) is 0 Å². The van der Waals surface area contributed by atoms with Crippen molar-refractivity contribution >= 4 is 28.0 Å². The standard InChI is InChI=1S/C23H29N5O4S/c1-16-4-9-20(27(16)2)23(29)25-18-7-5-17(6-8-18)22-24-19(15-33(3,30)31)14-21(26-22)28-10-12-32-13-11-28/h4-9,14,30-31H,10-13,15H2,1-3H3,(H,25,29). The van der Waals surface area contributed by atoms with Crippen LogP contribution in [-0.2, 0) is 17.5 Å². The number of nitrogens with zero attached hydrogens (tertiary/aromatic N) is 4. The van der Waals surface area contributed by atoms with Crippen LogP contribution in [0.5, 0.6) is 0 Å². The number of nitrogens with one attached hydrogen (secondary N) is 1. The van der Waals surface area contributed by atoms with Crippen LogP contribution < -0.4 is 10.2 Å². The fraction of sp³-hybridized carbons (Fsp3) is 0.348. The molecular formula is C23H29N5O4S. The van der Waals surface area contributed by atoms with Gasteiger partial charge in [-0.3, -0.25) is 13.9 Å². The highest BCUT2D eigenvalue weighted by Crippen LogP contribution is 2.38. The van der Waals surface area contributed by atoms with E-state index >= 15 is 0 Å². The largest absolute Gasteiger partial charge is 0.378 e. The molecule has 0 atom stereocenters. The summed E-state index contributed by atoms with van der Waals surface area (Å²) in [6.45, 7) is 4.60. The summed E-state index contributed by atoms with van der Waals surface area (Å²) in [4.78, 5) is 24.0. The number of anilines is 2. The van der Waals surface area contributed by atoms with Gasteiger partial charge in [0.2, 0.25) is 0 Å². The Morgan fingerprint density at radius 2 is 1.82 bits per heavy atom. The molecule has 4 rings (SSSR count). The first-order valence-electron chi connectivity index (χ1n) is 10.7. The van der Waals surface area contributed by atoms with Crippen molar-refractivity contribution in [3.63, 3.8) is 0 Å². The monoisotopic (exact) mass is 471 g/mol. The Morgan fingerprint density at radius 3 is 2.42 bits per heavy atom. The number of hydrogen-bond acceptors (Lipinski definition) is 7. The Balaban J connectivity index is 1.58. The van der Waals surface area contributed by atoms with Crippen molar-refractivity contribution < 1.29 is 18.6 Å². The molecule has 10 heteroatoms. The number of carbonyl (C=O) groups is 1. The lowest BCUT2D eigenvalue weighted by Gasteiger charge is -2.30. The summed E-state index contributed by atoms with van der Waals surface area (Å²) < 4.78 is 27.2. The summed E-state index contributed by atoms with van der Waals surface area (Å²) in [5.74, 6) is 1.11. The fourth-order valence-corrected chi connectivity index (χ4v) is 4.37. The molecule has 1 aliphatic heterocycles. The lowest BCUT2D eigenvalue weighted by molar-refractivity contribution is 0.101. The molecule has 0 aliphatic carbocycles. The normalized spacial score (nSPS) is 14.9. The first-order chi connectivity index (χ1) is 15.7. The van der Waals surface area contributed by atoms with Gasteiger partial charge in [0.15, 0.2) is 5.82 Å². The molecule has 0 bridgehead atoms. The molecule has 1 aliphatic rings. The summed E-state index contributed by atoms with van der Waals surface area (Å²) in [6.07, 6.45) is 1.41. The molecule has 0 radical (unpaired) electrons. The number of rotatable bonds is 6. The van der Waals surface area contributed by atoms with E-state index in [0.29, 0.717) is 49.2 Å². The van der Waals surface area contributed by atoms with Crippen LogP contribution in [-0.4, -0.2) is 62.1 Å².